The van der Waals surface area contributed by atoms with E-state index in [0.29, 0.717) is 0 Å². The second-order valence-electron chi connectivity index (χ2n) is 7.20. The first-order valence-corrected chi connectivity index (χ1v) is 10.6. The Kier molecular flexibility index (Phi) is 11.8. The molecule has 0 radical (unpaired) electrons. The molecule has 0 fully saturated rings. The van der Waals surface area contributed by atoms with Crippen molar-refractivity contribution < 1.29 is 34.1 Å². The van der Waals surface area contributed by atoms with Crippen molar-refractivity contribution in [2.75, 3.05) is 0 Å². The zero-order valence-corrected chi connectivity index (χ0v) is 20.7. The molecule has 0 aliphatic heterocycles. The second kappa shape index (κ2) is 14.8. The van der Waals surface area contributed by atoms with E-state index >= 15 is 0 Å². The topological polar surface area (TPSA) is 30.7 Å². The third-order valence-electron chi connectivity index (χ3n) is 4.89. The van der Waals surface area contributed by atoms with E-state index in [4.69, 9.17) is 5.10 Å². The van der Waals surface area contributed by atoms with Gasteiger partial charge in [-0.3, -0.25) is 4.98 Å². The molecule has 0 aliphatic carbocycles. The van der Waals surface area contributed by atoms with Crippen LogP contribution < -0.4 is 0 Å². The summed E-state index contributed by atoms with van der Waals surface area (Å²) >= 11 is 0. The molecule has 0 spiro atoms. The summed E-state index contributed by atoms with van der Waals surface area (Å²) < 4.78 is 2.06. The van der Waals surface area contributed by atoms with Gasteiger partial charge in [0.25, 0.3) is 0 Å². The fourth-order valence-electron chi connectivity index (χ4n) is 3.30. The third kappa shape index (κ3) is 7.98. The van der Waals surface area contributed by atoms with Crippen molar-refractivity contribution in [2.45, 2.75) is 6.54 Å². The quantitative estimate of drug-likeness (QED) is 0.185. The number of nitrogens with zero attached hydrogens (tertiary/aromatic N) is 3. The first-order chi connectivity index (χ1) is 15.9. The van der Waals surface area contributed by atoms with Crippen molar-refractivity contribution in [3.05, 3.63) is 145 Å². The molecule has 0 atom stereocenters. The summed E-state index contributed by atoms with van der Waals surface area (Å²) in [5.74, 6) is 0. The van der Waals surface area contributed by atoms with Gasteiger partial charge in [-0.2, -0.15) is 72.8 Å². The van der Waals surface area contributed by atoms with Crippen LogP contribution in [0.3, 0.4) is 0 Å². The van der Waals surface area contributed by atoms with Crippen LogP contribution in [-0.2, 0) is 40.7 Å². The zero-order chi connectivity index (χ0) is 21.8. The van der Waals surface area contributed by atoms with Crippen LogP contribution in [0.2, 0.25) is 0 Å². The van der Waals surface area contributed by atoms with Crippen LogP contribution in [0.1, 0.15) is 5.56 Å². The number of rotatable bonds is 4. The smallest absolute Gasteiger partial charge is 0.310 e. The summed E-state index contributed by atoms with van der Waals surface area (Å²) in [5, 5.41) is 4.80. The molecule has 172 valence electrons. The fraction of sp³-hybridized carbons (Fsp3) is 0.0345. The van der Waals surface area contributed by atoms with E-state index in [1.807, 2.05) is 97.3 Å². The van der Waals surface area contributed by atoms with Gasteiger partial charge >= 0.3 is 34.1 Å². The van der Waals surface area contributed by atoms with Crippen LogP contribution in [0.5, 0.6) is 0 Å². The SMILES string of the molecule is [Fe+2].[Fe+2].c1c[cH-]c(-c2cc(-c3ccc[cH-]3)n(Cc3ccncc3)n2)c1.c1cc[cH-]c1.c1cc[cH-]c1. The van der Waals surface area contributed by atoms with Gasteiger partial charge in [0.05, 0.1) is 6.54 Å². The van der Waals surface area contributed by atoms with Crippen LogP contribution in [0.4, 0.5) is 0 Å². The van der Waals surface area contributed by atoms with Crippen LogP contribution in [0.15, 0.2) is 140 Å². The summed E-state index contributed by atoms with van der Waals surface area (Å²) in [6, 6.07) is 42.8. The van der Waals surface area contributed by atoms with Crippen molar-refractivity contribution in [3.63, 3.8) is 0 Å². The summed E-state index contributed by atoms with van der Waals surface area (Å²) in [6.45, 7) is 0.740. The zero-order valence-electron chi connectivity index (χ0n) is 18.5. The van der Waals surface area contributed by atoms with Gasteiger partial charge in [-0.05, 0) is 29.1 Å². The predicted molar refractivity (Wildman–Crippen MR) is 132 cm³/mol. The molecule has 5 heteroatoms. The Bertz CT molecular complexity index is 1160. The van der Waals surface area contributed by atoms with Gasteiger partial charge in [0.15, 0.2) is 0 Å². The normalized spacial score (nSPS) is 9.41. The molecule has 0 aliphatic rings. The first kappa shape index (κ1) is 27.0. The van der Waals surface area contributed by atoms with Crippen LogP contribution in [0.25, 0.3) is 22.5 Å². The van der Waals surface area contributed by atoms with Crippen LogP contribution in [-0.4, -0.2) is 14.8 Å². The van der Waals surface area contributed by atoms with Crippen molar-refractivity contribution in [2.24, 2.45) is 0 Å². The van der Waals surface area contributed by atoms with E-state index < -0.39 is 0 Å². The Hall–Kier alpha value is -3.20. The molecule has 0 unspecified atom stereocenters. The van der Waals surface area contributed by atoms with E-state index in [-0.39, 0.29) is 34.1 Å². The summed E-state index contributed by atoms with van der Waals surface area (Å²) in [5.41, 5.74) is 5.69. The van der Waals surface area contributed by atoms with Crippen LogP contribution in [0, 0.1) is 0 Å². The fourth-order valence-corrected chi connectivity index (χ4v) is 3.30. The summed E-state index contributed by atoms with van der Waals surface area (Å²) in [7, 11) is 0. The Morgan fingerprint density at radius 2 is 1.21 bits per heavy atom. The minimum atomic E-state index is 0. The van der Waals surface area contributed by atoms with E-state index in [1.54, 1.807) is 0 Å². The number of pyridine rings is 1. The van der Waals surface area contributed by atoms with Gasteiger partial charge in [0.2, 0.25) is 0 Å². The minimum Gasteiger partial charge on any atom is -0.310 e. The van der Waals surface area contributed by atoms with Gasteiger partial charge in [0.1, 0.15) is 0 Å². The molecule has 0 amide bonds. The molecule has 0 N–H and O–H groups in total. The predicted octanol–water partition coefficient (Wildman–Crippen LogP) is 6.90. The summed E-state index contributed by atoms with van der Waals surface area (Å²) in [4.78, 5) is 4.08. The van der Waals surface area contributed by atoms with Crippen molar-refractivity contribution >= 4 is 0 Å². The van der Waals surface area contributed by atoms with Gasteiger partial charge in [0, 0.05) is 12.4 Å². The van der Waals surface area contributed by atoms with E-state index in [1.165, 1.54) is 11.1 Å². The minimum absolute atomic E-state index is 0. The maximum atomic E-state index is 4.80. The molecule has 2 heterocycles. The molecule has 0 saturated heterocycles. The maximum Gasteiger partial charge on any atom is 2.00 e. The van der Waals surface area contributed by atoms with E-state index in [0.717, 1.165) is 23.5 Å². The Morgan fingerprint density at radius 1 is 0.647 bits per heavy atom. The number of hydrogen-bond acceptors (Lipinski definition) is 2. The Morgan fingerprint density at radius 3 is 1.68 bits per heavy atom. The summed E-state index contributed by atoms with van der Waals surface area (Å²) in [6.07, 6.45) is 3.64. The molecule has 4 aromatic carbocycles. The molecule has 3 nitrogen and oxygen atoms in total. The van der Waals surface area contributed by atoms with E-state index in [2.05, 4.69) is 52.1 Å². The van der Waals surface area contributed by atoms with Crippen molar-refractivity contribution in [1.82, 2.24) is 14.8 Å². The van der Waals surface area contributed by atoms with Crippen LogP contribution >= 0.6 is 0 Å². The molecule has 2 aromatic heterocycles. The Labute approximate surface area is 222 Å². The molecular formula is C29H25Fe2N3. The van der Waals surface area contributed by atoms with Crippen molar-refractivity contribution in [1.29, 1.82) is 0 Å². The van der Waals surface area contributed by atoms with Gasteiger partial charge in [-0.15, -0.1) is 23.3 Å². The largest absolute Gasteiger partial charge is 2.00 e. The second-order valence-corrected chi connectivity index (χ2v) is 7.20. The third-order valence-corrected chi connectivity index (χ3v) is 4.89. The van der Waals surface area contributed by atoms with Crippen molar-refractivity contribution in [3.8, 4) is 22.5 Å². The average Bonchev–Trinajstić information content (AvgIpc) is 3.68. The molecular weight excluding hydrogens is 502 g/mol. The maximum absolute atomic E-state index is 4.80. The number of aromatic nitrogens is 3. The number of hydrogen-bond donors (Lipinski definition) is 0. The molecule has 0 bridgehead atoms. The molecule has 6 aromatic rings. The average molecular weight is 527 g/mol. The molecule has 6 rings (SSSR count). The monoisotopic (exact) mass is 527 g/mol. The molecule has 0 saturated carbocycles. The van der Waals surface area contributed by atoms with Gasteiger partial charge in [-0.25, -0.2) is 29.4 Å². The van der Waals surface area contributed by atoms with Gasteiger partial charge < -0.3 is 4.68 Å². The standard InChI is InChI=1S/C19H15N3.2C5H5.2Fe/c1-2-6-16(5-1)18-13-19(17-7-3-4-8-17)22(21-18)14-15-9-11-20-12-10-15;2*1-2-4-5-3-1;;/h1-13H,14H2;2*1-5H;;/q-2;2*-1;2*+2. The van der Waals surface area contributed by atoms with Gasteiger partial charge in [-0.1, -0.05) is 6.07 Å². The Balaban J connectivity index is 0.000000283. The first-order valence-electron chi connectivity index (χ1n) is 10.6. The molecule has 34 heavy (non-hydrogen) atoms. The van der Waals surface area contributed by atoms with E-state index in [9.17, 15) is 0 Å².